The molecule has 0 aliphatic heterocycles. The van der Waals surface area contributed by atoms with Crippen LogP contribution in [0.3, 0.4) is 0 Å². The van der Waals surface area contributed by atoms with Crippen LogP contribution in [0.2, 0.25) is 0 Å². The molecule has 0 saturated heterocycles. The van der Waals surface area contributed by atoms with Crippen LogP contribution in [0.1, 0.15) is 54.4 Å². The number of aromatic hydroxyl groups is 2. The van der Waals surface area contributed by atoms with E-state index in [1.54, 1.807) is 12.1 Å². The van der Waals surface area contributed by atoms with Gasteiger partial charge in [0.1, 0.15) is 11.5 Å². The van der Waals surface area contributed by atoms with Gasteiger partial charge in [-0.15, -0.1) is 11.8 Å². The summed E-state index contributed by atoms with van der Waals surface area (Å²) in [7, 11) is 0. The molecule has 4 rings (SSSR count). The van der Waals surface area contributed by atoms with Crippen LogP contribution in [0.25, 0.3) is 0 Å². The average Bonchev–Trinajstić information content (AvgIpc) is 2.89. The van der Waals surface area contributed by atoms with E-state index in [1.807, 2.05) is 11.8 Å². The Morgan fingerprint density at radius 2 is 1.18 bits per heavy atom. The second-order valence-corrected chi connectivity index (χ2v) is 10.1. The van der Waals surface area contributed by atoms with Crippen molar-refractivity contribution in [2.75, 3.05) is 5.75 Å². The predicted octanol–water partition coefficient (Wildman–Crippen LogP) is 8.10. The summed E-state index contributed by atoms with van der Waals surface area (Å²) < 4.78 is -0.279. The number of thioether (sulfide) groups is 1. The van der Waals surface area contributed by atoms with Crippen LogP contribution >= 0.6 is 11.8 Å². The van der Waals surface area contributed by atoms with Gasteiger partial charge in [0.05, 0.1) is 4.75 Å². The molecular formula is C31H32O2S. The molecule has 3 heteroatoms. The molecule has 0 heterocycles. The summed E-state index contributed by atoms with van der Waals surface area (Å²) in [5.41, 5.74) is 4.68. The molecule has 0 bridgehead atoms. The Kier molecular flexibility index (Phi) is 7.97. The molecule has 1 unspecified atom stereocenters. The molecule has 1 atom stereocenters. The average molecular weight is 469 g/mol. The lowest BCUT2D eigenvalue weighted by atomic mass is 9.84. The summed E-state index contributed by atoms with van der Waals surface area (Å²) in [6.07, 6.45) is 3.09. The van der Waals surface area contributed by atoms with Crippen LogP contribution in [-0.4, -0.2) is 16.0 Å². The minimum absolute atomic E-state index is 0.194. The SMILES string of the molecule is CC(CCCCSC(c1ccccc1)(c1ccccc1)c1ccccc1)c1cc(O)ccc1O. The van der Waals surface area contributed by atoms with E-state index in [1.165, 1.54) is 22.8 Å². The molecule has 2 N–H and O–H groups in total. The zero-order chi connectivity index (χ0) is 23.8. The van der Waals surface area contributed by atoms with Crippen molar-refractivity contribution in [3.8, 4) is 11.5 Å². The van der Waals surface area contributed by atoms with Crippen molar-refractivity contribution in [2.24, 2.45) is 0 Å². The molecule has 34 heavy (non-hydrogen) atoms. The zero-order valence-electron chi connectivity index (χ0n) is 19.6. The standard InChI is InChI=1S/C31H32O2S/c1-24(29-23-28(32)20-21-30(29)33)13-11-12-22-34-31(25-14-5-2-6-15-25,26-16-7-3-8-17-26)27-18-9-4-10-19-27/h2-10,14-21,23-24,32-33H,11-13,22H2,1H3. The highest BCUT2D eigenvalue weighted by atomic mass is 32.2. The molecule has 0 aromatic heterocycles. The summed E-state index contributed by atoms with van der Waals surface area (Å²) >= 11 is 1.99. The predicted molar refractivity (Wildman–Crippen MR) is 144 cm³/mol. The number of hydrogen-bond acceptors (Lipinski definition) is 3. The van der Waals surface area contributed by atoms with Gasteiger partial charge in [0.15, 0.2) is 0 Å². The lowest BCUT2D eigenvalue weighted by Gasteiger charge is -2.35. The third-order valence-corrected chi connectivity index (χ3v) is 8.07. The molecule has 0 saturated carbocycles. The van der Waals surface area contributed by atoms with Crippen molar-refractivity contribution in [1.29, 1.82) is 0 Å². The van der Waals surface area contributed by atoms with Gasteiger partial charge in [-0.1, -0.05) is 104 Å². The van der Waals surface area contributed by atoms with E-state index in [9.17, 15) is 10.2 Å². The zero-order valence-corrected chi connectivity index (χ0v) is 20.4. The molecule has 174 valence electrons. The van der Waals surface area contributed by atoms with E-state index < -0.39 is 0 Å². The molecule has 0 spiro atoms. The van der Waals surface area contributed by atoms with E-state index in [-0.39, 0.29) is 22.2 Å². The van der Waals surface area contributed by atoms with Gasteiger partial charge in [0.25, 0.3) is 0 Å². The van der Waals surface area contributed by atoms with Gasteiger partial charge in [0.2, 0.25) is 0 Å². The van der Waals surface area contributed by atoms with Crippen molar-refractivity contribution >= 4 is 11.8 Å². The minimum atomic E-state index is -0.279. The number of benzene rings is 4. The van der Waals surface area contributed by atoms with Crippen LogP contribution in [0.5, 0.6) is 11.5 Å². The van der Waals surface area contributed by atoms with E-state index in [2.05, 4.69) is 97.9 Å². The lowest BCUT2D eigenvalue weighted by Crippen LogP contribution is -2.26. The Morgan fingerprint density at radius 3 is 1.68 bits per heavy atom. The van der Waals surface area contributed by atoms with Crippen molar-refractivity contribution in [3.63, 3.8) is 0 Å². The first-order chi connectivity index (χ1) is 16.6. The summed E-state index contributed by atoms with van der Waals surface area (Å²) in [5, 5.41) is 20.0. The molecular weight excluding hydrogens is 436 g/mol. The molecule has 0 fully saturated rings. The van der Waals surface area contributed by atoms with Gasteiger partial charge in [-0.25, -0.2) is 0 Å². The van der Waals surface area contributed by atoms with Gasteiger partial charge in [-0.05, 0) is 59.4 Å². The fourth-order valence-corrected chi connectivity index (χ4v) is 6.20. The van der Waals surface area contributed by atoms with Crippen molar-refractivity contribution in [1.82, 2.24) is 0 Å². The van der Waals surface area contributed by atoms with Crippen LogP contribution in [0.15, 0.2) is 109 Å². The van der Waals surface area contributed by atoms with E-state index in [0.29, 0.717) is 0 Å². The highest BCUT2D eigenvalue weighted by Gasteiger charge is 2.36. The third kappa shape index (κ3) is 5.31. The largest absolute Gasteiger partial charge is 0.508 e. The van der Waals surface area contributed by atoms with Crippen molar-refractivity contribution < 1.29 is 10.2 Å². The van der Waals surface area contributed by atoms with E-state index in [0.717, 1.165) is 30.6 Å². The van der Waals surface area contributed by atoms with E-state index in [4.69, 9.17) is 0 Å². The summed E-state index contributed by atoms with van der Waals surface area (Å²) in [4.78, 5) is 0. The maximum absolute atomic E-state index is 10.2. The molecule has 4 aromatic carbocycles. The van der Waals surface area contributed by atoms with E-state index >= 15 is 0 Å². The number of rotatable bonds is 10. The first kappa shape index (κ1) is 24.0. The van der Waals surface area contributed by atoms with Crippen LogP contribution in [0.4, 0.5) is 0 Å². The normalized spacial score (nSPS) is 12.4. The van der Waals surface area contributed by atoms with Gasteiger partial charge < -0.3 is 10.2 Å². The molecule has 2 nitrogen and oxygen atoms in total. The fourth-order valence-electron chi connectivity index (χ4n) is 4.64. The Balaban J connectivity index is 1.53. The molecule has 0 aliphatic carbocycles. The lowest BCUT2D eigenvalue weighted by molar-refractivity contribution is 0.446. The first-order valence-electron chi connectivity index (χ1n) is 11.9. The molecule has 4 aromatic rings. The Bertz CT molecular complexity index is 1060. The maximum Gasteiger partial charge on any atom is 0.119 e. The monoisotopic (exact) mass is 468 g/mol. The van der Waals surface area contributed by atoms with Gasteiger partial charge in [-0.3, -0.25) is 0 Å². The van der Waals surface area contributed by atoms with Crippen LogP contribution < -0.4 is 0 Å². The third-order valence-electron chi connectivity index (χ3n) is 6.43. The quantitative estimate of drug-likeness (QED) is 0.140. The van der Waals surface area contributed by atoms with Crippen LogP contribution in [-0.2, 0) is 4.75 Å². The maximum atomic E-state index is 10.2. The molecule has 0 amide bonds. The Labute approximate surface area is 207 Å². The van der Waals surface area contributed by atoms with Gasteiger partial charge in [0, 0.05) is 5.56 Å². The fraction of sp³-hybridized carbons (Fsp3) is 0.226. The number of hydrogen-bond donors (Lipinski definition) is 2. The molecule has 0 aliphatic rings. The highest BCUT2D eigenvalue weighted by molar-refractivity contribution is 8.00. The summed E-state index contributed by atoms with van der Waals surface area (Å²) in [6, 6.07) is 37.2. The summed E-state index contributed by atoms with van der Waals surface area (Å²) in [5.74, 6) is 1.67. The number of phenols is 2. The second kappa shape index (κ2) is 11.3. The number of phenolic OH excluding ortho intramolecular Hbond substituents is 2. The van der Waals surface area contributed by atoms with Crippen molar-refractivity contribution in [3.05, 3.63) is 131 Å². The first-order valence-corrected chi connectivity index (χ1v) is 12.9. The smallest absolute Gasteiger partial charge is 0.119 e. The minimum Gasteiger partial charge on any atom is -0.508 e. The second-order valence-electron chi connectivity index (χ2n) is 8.77. The highest BCUT2D eigenvalue weighted by Crippen LogP contribution is 2.48. The molecule has 0 radical (unpaired) electrons. The Morgan fingerprint density at radius 1 is 0.676 bits per heavy atom. The topological polar surface area (TPSA) is 40.5 Å². The summed E-state index contributed by atoms with van der Waals surface area (Å²) in [6.45, 7) is 2.11. The number of unbranched alkanes of at least 4 members (excludes halogenated alkanes) is 1. The van der Waals surface area contributed by atoms with Crippen molar-refractivity contribution in [2.45, 2.75) is 36.9 Å². The van der Waals surface area contributed by atoms with Crippen LogP contribution in [0, 0.1) is 0 Å². The Hall–Kier alpha value is -3.17. The van der Waals surface area contributed by atoms with Gasteiger partial charge >= 0.3 is 0 Å². The van der Waals surface area contributed by atoms with Gasteiger partial charge in [-0.2, -0.15) is 0 Å².